The lowest BCUT2D eigenvalue weighted by atomic mass is 9.78. The Morgan fingerprint density at radius 1 is 1.15 bits per heavy atom. The predicted octanol–water partition coefficient (Wildman–Crippen LogP) is 2.83. The van der Waals surface area contributed by atoms with Crippen molar-refractivity contribution in [1.29, 1.82) is 0 Å². The van der Waals surface area contributed by atoms with Crippen molar-refractivity contribution in [2.75, 3.05) is 0 Å². The topological polar surface area (TPSA) is 20.2 Å². The van der Waals surface area contributed by atoms with Crippen molar-refractivity contribution in [1.82, 2.24) is 0 Å². The van der Waals surface area contributed by atoms with Crippen LogP contribution in [0.3, 0.4) is 0 Å². The summed E-state index contributed by atoms with van der Waals surface area (Å²) in [5.41, 5.74) is -0.446. The molecular weight excluding hydrogens is 160 g/mol. The van der Waals surface area contributed by atoms with Crippen molar-refractivity contribution in [2.45, 2.75) is 52.1 Å². The monoisotopic (exact) mass is 182 g/mol. The van der Waals surface area contributed by atoms with E-state index in [2.05, 4.69) is 6.92 Å². The Kier molecular flexibility index (Phi) is 2.18. The molecule has 0 heterocycles. The maximum Gasteiger partial charge on any atom is 0.0594 e. The van der Waals surface area contributed by atoms with E-state index < -0.39 is 5.60 Å². The number of hydrogen-bond acceptors (Lipinski definition) is 1. The minimum absolute atomic E-state index is 0.446. The summed E-state index contributed by atoms with van der Waals surface area (Å²) in [5, 5.41) is 9.77. The molecule has 13 heavy (non-hydrogen) atoms. The van der Waals surface area contributed by atoms with Crippen molar-refractivity contribution >= 4 is 0 Å². The molecule has 0 spiro atoms. The van der Waals surface area contributed by atoms with E-state index in [-0.39, 0.29) is 0 Å². The smallest absolute Gasteiger partial charge is 0.0594 e. The Bertz CT molecular complexity index is 190. The average molecular weight is 182 g/mol. The maximum atomic E-state index is 9.77. The molecule has 0 aromatic heterocycles. The van der Waals surface area contributed by atoms with Crippen LogP contribution in [0.2, 0.25) is 0 Å². The van der Waals surface area contributed by atoms with Crippen LogP contribution in [0, 0.1) is 23.7 Å². The van der Waals surface area contributed by atoms with Gasteiger partial charge in [0.2, 0.25) is 0 Å². The van der Waals surface area contributed by atoms with Crippen LogP contribution in [0.4, 0.5) is 0 Å². The molecule has 1 heteroatoms. The van der Waals surface area contributed by atoms with Gasteiger partial charge in [-0.2, -0.15) is 0 Å². The van der Waals surface area contributed by atoms with Gasteiger partial charge in [-0.3, -0.25) is 0 Å². The number of fused-ring (bicyclic) bond motifs is 2. The molecule has 0 saturated heterocycles. The average Bonchev–Trinajstić information content (AvgIpc) is 2.42. The third-order valence-corrected chi connectivity index (χ3v) is 4.12. The minimum atomic E-state index is -0.446. The van der Waals surface area contributed by atoms with Crippen LogP contribution in [0.15, 0.2) is 0 Å². The van der Waals surface area contributed by atoms with Crippen molar-refractivity contribution in [3.8, 4) is 0 Å². The summed E-state index contributed by atoms with van der Waals surface area (Å²) in [6.07, 6.45) is 5.27. The summed E-state index contributed by atoms with van der Waals surface area (Å²) in [5.74, 6) is 3.70. The van der Waals surface area contributed by atoms with Gasteiger partial charge in [0.1, 0.15) is 0 Å². The molecule has 0 aromatic carbocycles. The van der Waals surface area contributed by atoms with Gasteiger partial charge in [-0.05, 0) is 63.2 Å². The molecule has 2 aliphatic rings. The molecule has 0 radical (unpaired) electrons. The van der Waals surface area contributed by atoms with Crippen molar-refractivity contribution in [3.05, 3.63) is 0 Å². The van der Waals surface area contributed by atoms with Crippen LogP contribution in [0.25, 0.3) is 0 Å². The van der Waals surface area contributed by atoms with Gasteiger partial charge < -0.3 is 5.11 Å². The summed E-state index contributed by atoms with van der Waals surface area (Å²) >= 11 is 0. The van der Waals surface area contributed by atoms with Gasteiger partial charge in [-0.25, -0.2) is 0 Å². The zero-order valence-corrected chi connectivity index (χ0v) is 9.09. The summed E-state index contributed by atoms with van der Waals surface area (Å²) < 4.78 is 0. The maximum absolute atomic E-state index is 9.77. The minimum Gasteiger partial charge on any atom is -0.390 e. The fourth-order valence-corrected chi connectivity index (χ4v) is 3.57. The molecule has 1 nitrogen and oxygen atoms in total. The fraction of sp³-hybridized carbons (Fsp3) is 1.00. The molecular formula is C12H22O. The molecule has 0 aromatic rings. The highest BCUT2D eigenvalue weighted by Crippen LogP contribution is 2.53. The van der Waals surface area contributed by atoms with E-state index in [0.717, 1.165) is 30.1 Å². The Morgan fingerprint density at radius 2 is 1.85 bits per heavy atom. The molecule has 2 rings (SSSR count). The van der Waals surface area contributed by atoms with E-state index in [4.69, 9.17) is 0 Å². The first kappa shape index (κ1) is 9.51. The van der Waals surface area contributed by atoms with Gasteiger partial charge in [0, 0.05) is 0 Å². The third-order valence-electron chi connectivity index (χ3n) is 4.12. The summed E-state index contributed by atoms with van der Waals surface area (Å²) in [7, 11) is 0. The summed E-state index contributed by atoms with van der Waals surface area (Å²) in [4.78, 5) is 0. The second kappa shape index (κ2) is 2.98. The Hall–Kier alpha value is -0.0400. The second-order valence-corrected chi connectivity index (χ2v) is 5.98. The van der Waals surface area contributed by atoms with E-state index in [0.29, 0.717) is 0 Å². The van der Waals surface area contributed by atoms with Gasteiger partial charge in [-0.1, -0.05) is 6.92 Å². The van der Waals surface area contributed by atoms with E-state index in [1.165, 1.54) is 19.3 Å². The molecule has 2 aliphatic carbocycles. The van der Waals surface area contributed by atoms with Crippen LogP contribution in [0.5, 0.6) is 0 Å². The summed E-state index contributed by atoms with van der Waals surface area (Å²) in [6, 6.07) is 0. The van der Waals surface area contributed by atoms with E-state index >= 15 is 0 Å². The normalized spacial score (nSPS) is 44.3. The number of rotatable bonds is 2. The first-order chi connectivity index (χ1) is 5.96. The number of aliphatic hydroxyl groups is 1. The Morgan fingerprint density at radius 3 is 2.23 bits per heavy atom. The third kappa shape index (κ3) is 1.90. The van der Waals surface area contributed by atoms with E-state index in [1.807, 2.05) is 13.8 Å². The molecule has 0 aliphatic heterocycles. The first-order valence-electron chi connectivity index (χ1n) is 5.68. The highest BCUT2D eigenvalue weighted by molar-refractivity contribution is 4.95. The molecule has 4 unspecified atom stereocenters. The largest absolute Gasteiger partial charge is 0.390 e. The molecule has 0 amide bonds. The van der Waals surface area contributed by atoms with Crippen molar-refractivity contribution in [3.63, 3.8) is 0 Å². The molecule has 76 valence electrons. The fourth-order valence-electron chi connectivity index (χ4n) is 3.57. The second-order valence-electron chi connectivity index (χ2n) is 5.98. The first-order valence-corrected chi connectivity index (χ1v) is 5.68. The van der Waals surface area contributed by atoms with Gasteiger partial charge >= 0.3 is 0 Å². The van der Waals surface area contributed by atoms with Gasteiger partial charge in [0.25, 0.3) is 0 Å². The Balaban J connectivity index is 1.92. The zero-order valence-electron chi connectivity index (χ0n) is 9.09. The molecule has 2 saturated carbocycles. The lowest BCUT2D eigenvalue weighted by Gasteiger charge is -2.30. The van der Waals surface area contributed by atoms with Crippen molar-refractivity contribution in [2.24, 2.45) is 23.7 Å². The van der Waals surface area contributed by atoms with Gasteiger partial charge in [0.05, 0.1) is 5.60 Å². The summed E-state index contributed by atoms with van der Waals surface area (Å²) in [6.45, 7) is 6.29. The SMILES string of the molecule is CC1CC2CC1CC2CC(C)(C)O. The zero-order chi connectivity index (χ0) is 9.64. The highest BCUT2D eigenvalue weighted by atomic mass is 16.3. The number of hydrogen-bond donors (Lipinski definition) is 1. The van der Waals surface area contributed by atoms with Crippen molar-refractivity contribution < 1.29 is 5.11 Å². The van der Waals surface area contributed by atoms with Crippen LogP contribution in [-0.4, -0.2) is 10.7 Å². The highest BCUT2D eigenvalue weighted by Gasteiger charge is 2.44. The van der Waals surface area contributed by atoms with Crippen LogP contribution in [-0.2, 0) is 0 Å². The molecule has 4 atom stereocenters. The molecule has 1 N–H and O–H groups in total. The predicted molar refractivity (Wildman–Crippen MR) is 54.4 cm³/mol. The van der Waals surface area contributed by atoms with Crippen LogP contribution in [0.1, 0.15) is 46.5 Å². The standard InChI is InChI=1S/C12H22O/c1-8-4-10-5-9(8)6-11(10)7-12(2,3)13/h8-11,13H,4-7H2,1-3H3. The van der Waals surface area contributed by atoms with Gasteiger partial charge in [-0.15, -0.1) is 0 Å². The van der Waals surface area contributed by atoms with Crippen LogP contribution < -0.4 is 0 Å². The molecule has 2 fully saturated rings. The molecule has 2 bridgehead atoms. The lowest BCUT2D eigenvalue weighted by Crippen LogP contribution is -2.27. The van der Waals surface area contributed by atoms with Gasteiger partial charge in [0.15, 0.2) is 0 Å². The quantitative estimate of drug-likeness (QED) is 0.696. The van der Waals surface area contributed by atoms with Crippen LogP contribution >= 0.6 is 0 Å². The van der Waals surface area contributed by atoms with E-state index in [1.54, 1.807) is 0 Å². The lowest BCUT2D eigenvalue weighted by molar-refractivity contribution is 0.0393. The Labute approximate surface area is 81.5 Å². The van der Waals surface area contributed by atoms with E-state index in [9.17, 15) is 5.11 Å².